The van der Waals surface area contributed by atoms with Crippen LogP contribution in [0.4, 0.5) is 18.9 Å². The molecule has 6 nitrogen and oxygen atoms in total. The molecule has 0 radical (unpaired) electrons. The molecule has 134 valence electrons. The van der Waals surface area contributed by atoms with Gasteiger partial charge in [-0.05, 0) is 31.2 Å². The fraction of sp³-hybridized carbons (Fsp3) is 0.118. The number of carbonyl (C=O) groups is 2. The summed E-state index contributed by atoms with van der Waals surface area (Å²) in [7, 11) is 0. The number of fused-ring (bicyclic) bond motifs is 1. The Kier molecular flexibility index (Phi) is 4.61. The van der Waals surface area contributed by atoms with Gasteiger partial charge in [0, 0.05) is 5.39 Å². The molecule has 26 heavy (non-hydrogen) atoms. The topological polar surface area (TPSA) is 86.9 Å². The van der Waals surface area contributed by atoms with E-state index >= 15 is 0 Å². The summed E-state index contributed by atoms with van der Waals surface area (Å²) in [5, 5.41) is 11.6. The molecule has 0 spiro atoms. The van der Waals surface area contributed by atoms with Crippen LogP contribution in [0.25, 0.3) is 10.9 Å². The maximum absolute atomic E-state index is 13.5. The van der Waals surface area contributed by atoms with Crippen molar-refractivity contribution < 1.29 is 22.8 Å². The number of nitrogens with zero attached hydrogens (tertiary/aromatic N) is 1. The lowest BCUT2D eigenvalue weighted by Crippen LogP contribution is -2.33. The zero-order valence-corrected chi connectivity index (χ0v) is 13.5. The maximum atomic E-state index is 13.5. The van der Waals surface area contributed by atoms with Crippen LogP contribution >= 0.6 is 0 Å². The Labute approximate surface area is 145 Å². The first-order valence-corrected chi connectivity index (χ1v) is 7.53. The van der Waals surface area contributed by atoms with Crippen molar-refractivity contribution in [2.45, 2.75) is 6.92 Å². The minimum Gasteiger partial charge on any atom is -0.342 e. The van der Waals surface area contributed by atoms with E-state index in [-0.39, 0.29) is 5.69 Å². The Morgan fingerprint density at radius 3 is 2.65 bits per heavy atom. The van der Waals surface area contributed by atoms with Crippen LogP contribution in [0.1, 0.15) is 16.1 Å². The van der Waals surface area contributed by atoms with Crippen molar-refractivity contribution in [2.24, 2.45) is 0 Å². The van der Waals surface area contributed by atoms with E-state index in [2.05, 4.69) is 20.8 Å². The predicted molar refractivity (Wildman–Crippen MR) is 88.1 cm³/mol. The second-order valence-corrected chi connectivity index (χ2v) is 5.58. The number of nitrogens with one attached hydrogen (secondary N) is 3. The Morgan fingerprint density at radius 2 is 1.88 bits per heavy atom. The molecule has 0 fully saturated rings. The van der Waals surface area contributed by atoms with Crippen LogP contribution in [-0.4, -0.2) is 28.6 Å². The van der Waals surface area contributed by atoms with Crippen LogP contribution in [0.3, 0.4) is 0 Å². The number of amides is 2. The van der Waals surface area contributed by atoms with Crippen LogP contribution in [0, 0.1) is 24.4 Å². The van der Waals surface area contributed by atoms with E-state index in [4.69, 9.17) is 0 Å². The molecule has 0 unspecified atom stereocenters. The Balaban J connectivity index is 1.66. The third-order valence-corrected chi connectivity index (χ3v) is 3.65. The number of anilines is 1. The SMILES string of the molecule is Cc1ccc2[nH]nc(C(=O)NCC(=O)Nc3ccc(F)c(F)c3F)c2c1. The van der Waals surface area contributed by atoms with Crippen LogP contribution in [0.2, 0.25) is 0 Å². The summed E-state index contributed by atoms with van der Waals surface area (Å²) < 4.78 is 39.5. The molecule has 3 N–H and O–H groups in total. The van der Waals surface area contributed by atoms with Crippen LogP contribution in [0.15, 0.2) is 30.3 Å². The molecule has 0 saturated carbocycles. The average Bonchev–Trinajstić information content (AvgIpc) is 3.03. The number of benzene rings is 2. The zero-order chi connectivity index (χ0) is 18.8. The van der Waals surface area contributed by atoms with E-state index in [1.54, 1.807) is 12.1 Å². The van der Waals surface area contributed by atoms with Crippen LogP contribution in [-0.2, 0) is 4.79 Å². The molecule has 0 aliphatic carbocycles. The van der Waals surface area contributed by atoms with Crippen molar-refractivity contribution >= 4 is 28.4 Å². The Bertz CT molecular complexity index is 1020. The van der Waals surface area contributed by atoms with Crippen LogP contribution in [0.5, 0.6) is 0 Å². The number of rotatable bonds is 4. The van der Waals surface area contributed by atoms with E-state index in [9.17, 15) is 22.8 Å². The third kappa shape index (κ3) is 3.37. The smallest absolute Gasteiger partial charge is 0.272 e. The van der Waals surface area contributed by atoms with Crippen molar-refractivity contribution in [3.8, 4) is 0 Å². The van der Waals surface area contributed by atoms with Gasteiger partial charge < -0.3 is 10.6 Å². The van der Waals surface area contributed by atoms with E-state index in [0.717, 1.165) is 11.6 Å². The highest BCUT2D eigenvalue weighted by molar-refractivity contribution is 6.06. The van der Waals surface area contributed by atoms with E-state index in [1.807, 2.05) is 13.0 Å². The second-order valence-electron chi connectivity index (χ2n) is 5.58. The summed E-state index contributed by atoms with van der Waals surface area (Å²) in [4.78, 5) is 24.0. The van der Waals surface area contributed by atoms with Gasteiger partial charge in [0.2, 0.25) is 5.91 Å². The van der Waals surface area contributed by atoms with Gasteiger partial charge >= 0.3 is 0 Å². The molecule has 0 aliphatic heterocycles. The molecule has 2 aromatic carbocycles. The standard InChI is InChI=1S/C17H13F3N4O2/c1-8-2-4-11-9(6-8)16(24-23-11)17(26)21-7-13(25)22-12-5-3-10(18)14(19)15(12)20/h2-6H,7H2,1H3,(H,21,26)(H,22,25)(H,23,24). The fourth-order valence-corrected chi connectivity index (χ4v) is 2.36. The lowest BCUT2D eigenvalue weighted by Gasteiger charge is -2.08. The fourth-order valence-electron chi connectivity index (χ4n) is 2.36. The van der Waals surface area contributed by atoms with Crippen molar-refractivity contribution in [2.75, 3.05) is 11.9 Å². The molecule has 3 rings (SSSR count). The van der Waals surface area contributed by atoms with Crippen molar-refractivity contribution in [1.29, 1.82) is 0 Å². The van der Waals surface area contributed by atoms with Gasteiger partial charge in [0.05, 0.1) is 17.7 Å². The summed E-state index contributed by atoms with van der Waals surface area (Å²) in [6.07, 6.45) is 0. The van der Waals surface area contributed by atoms with Gasteiger partial charge in [-0.1, -0.05) is 11.6 Å². The molecular formula is C17H13F3N4O2. The molecule has 1 aromatic heterocycles. The highest BCUT2D eigenvalue weighted by Crippen LogP contribution is 2.19. The minimum absolute atomic E-state index is 0.107. The molecule has 3 aromatic rings. The summed E-state index contributed by atoms with van der Waals surface area (Å²) >= 11 is 0. The molecule has 0 atom stereocenters. The zero-order valence-electron chi connectivity index (χ0n) is 13.5. The quantitative estimate of drug-likeness (QED) is 0.624. The minimum atomic E-state index is -1.69. The van der Waals surface area contributed by atoms with Crippen molar-refractivity contribution in [3.05, 3.63) is 59.0 Å². The number of hydrogen-bond donors (Lipinski definition) is 3. The lowest BCUT2D eigenvalue weighted by atomic mass is 10.1. The first-order chi connectivity index (χ1) is 12.4. The number of halogens is 3. The van der Waals surface area contributed by atoms with Gasteiger partial charge in [-0.25, -0.2) is 13.2 Å². The highest BCUT2D eigenvalue weighted by atomic mass is 19.2. The predicted octanol–water partition coefficient (Wildman–Crippen LogP) is 2.66. The third-order valence-electron chi connectivity index (χ3n) is 3.65. The molecule has 1 heterocycles. The summed E-state index contributed by atoms with van der Waals surface area (Å²) in [6.45, 7) is 1.36. The average molecular weight is 362 g/mol. The summed E-state index contributed by atoms with van der Waals surface area (Å²) in [6, 6.07) is 6.96. The first-order valence-electron chi connectivity index (χ1n) is 7.53. The van der Waals surface area contributed by atoms with Crippen molar-refractivity contribution in [1.82, 2.24) is 15.5 Å². The molecule has 0 aliphatic rings. The number of H-pyrrole nitrogens is 1. The largest absolute Gasteiger partial charge is 0.342 e. The number of carbonyl (C=O) groups excluding carboxylic acids is 2. The Hall–Kier alpha value is -3.36. The number of hydrogen-bond acceptors (Lipinski definition) is 3. The van der Waals surface area contributed by atoms with Gasteiger partial charge in [0.1, 0.15) is 0 Å². The summed E-state index contributed by atoms with van der Waals surface area (Å²) in [5.74, 6) is -5.99. The normalized spacial score (nSPS) is 10.8. The molecule has 2 amide bonds. The lowest BCUT2D eigenvalue weighted by molar-refractivity contribution is -0.115. The molecule has 0 bridgehead atoms. The summed E-state index contributed by atoms with van der Waals surface area (Å²) in [5.41, 5.74) is 1.17. The molecule has 0 saturated heterocycles. The number of aromatic amines is 1. The van der Waals surface area contributed by atoms with Crippen molar-refractivity contribution in [3.63, 3.8) is 0 Å². The highest BCUT2D eigenvalue weighted by Gasteiger charge is 2.17. The molecular weight excluding hydrogens is 349 g/mol. The van der Waals surface area contributed by atoms with E-state index in [0.29, 0.717) is 17.0 Å². The van der Waals surface area contributed by atoms with E-state index < -0.39 is 41.5 Å². The van der Waals surface area contributed by atoms with Gasteiger partial charge in [0.15, 0.2) is 23.1 Å². The van der Waals surface area contributed by atoms with Gasteiger partial charge in [-0.3, -0.25) is 14.7 Å². The van der Waals surface area contributed by atoms with Gasteiger partial charge in [-0.2, -0.15) is 5.10 Å². The first kappa shape index (κ1) is 17.5. The Morgan fingerprint density at radius 1 is 1.12 bits per heavy atom. The van der Waals surface area contributed by atoms with Gasteiger partial charge in [0.25, 0.3) is 5.91 Å². The molecule has 9 heteroatoms. The second kappa shape index (κ2) is 6.87. The van der Waals surface area contributed by atoms with E-state index in [1.165, 1.54) is 0 Å². The number of aromatic nitrogens is 2. The monoisotopic (exact) mass is 362 g/mol. The maximum Gasteiger partial charge on any atom is 0.272 e. The number of aryl methyl sites for hydroxylation is 1. The van der Waals surface area contributed by atoms with Gasteiger partial charge in [-0.15, -0.1) is 0 Å². The van der Waals surface area contributed by atoms with Crippen LogP contribution < -0.4 is 10.6 Å².